The fourth-order valence-electron chi connectivity index (χ4n) is 7.61. The molecule has 344 valence electrons. The van der Waals surface area contributed by atoms with E-state index >= 15 is 0 Å². The van der Waals surface area contributed by atoms with E-state index < -0.39 is 63.2 Å². The van der Waals surface area contributed by atoms with Crippen LogP contribution in [0.1, 0.15) is 67.4 Å². The van der Waals surface area contributed by atoms with E-state index in [1.165, 1.54) is 6.07 Å². The van der Waals surface area contributed by atoms with Gasteiger partial charge in [-0.3, -0.25) is 14.1 Å². The molecule has 0 spiro atoms. The monoisotopic (exact) mass is 917 g/mol. The van der Waals surface area contributed by atoms with Gasteiger partial charge in [0.2, 0.25) is 0 Å². The molecule has 1 N–H and O–H groups in total. The van der Waals surface area contributed by atoms with Crippen LogP contribution in [0.15, 0.2) is 126 Å². The molecule has 1 saturated heterocycles. The molecule has 0 radical (unpaired) electrons. The molecule has 2 heterocycles. The third-order valence-corrected chi connectivity index (χ3v) is 12.6. The Morgan fingerprint density at radius 1 is 0.846 bits per heavy atom. The highest BCUT2D eigenvalue weighted by atomic mass is 31.2. The Kier molecular flexibility index (Phi) is 16.5. The smallest absolute Gasteiger partial charge is 0.497 e. The van der Waals surface area contributed by atoms with E-state index in [-0.39, 0.29) is 30.9 Å². The van der Waals surface area contributed by atoms with Crippen molar-refractivity contribution >= 4 is 20.3 Å². The van der Waals surface area contributed by atoms with Crippen LogP contribution in [0, 0.1) is 11.3 Å². The number of benzene rings is 4. The van der Waals surface area contributed by atoms with Crippen LogP contribution in [-0.4, -0.2) is 84.3 Å². The summed E-state index contributed by atoms with van der Waals surface area (Å²) in [5.74, 6) is 0.436. The molecule has 0 saturated carbocycles. The van der Waals surface area contributed by atoms with Crippen molar-refractivity contribution < 1.29 is 50.7 Å². The molecule has 65 heavy (non-hydrogen) atoms. The van der Waals surface area contributed by atoms with Gasteiger partial charge < -0.3 is 33.3 Å². The molecule has 1 amide bonds. The summed E-state index contributed by atoms with van der Waals surface area (Å²) in [5, 5.41) is 11.9. The second-order valence-corrected chi connectivity index (χ2v) is 16.8. The number of hydrogen-bond acceptors (Lipinski definition) is 12. The molecule has 1 aromatic heterocycles. The second kappa shape index (κ2) is 22.0. The number of anilines is 1. The van der Waals surface area contributed by atoms with Gasteiger partial charge >= 0.3 is 12.1 Å². The highest BCUT2D eigenvalue weighted by Gasteiger charge is 2.55. The van der Waals surface area contributed by atoms with Crippen molar-refractivity contribution in [2.75, 3.05) is 32.8 Å². The molecule has 1 fully saturated rings. The van der Waals surface area contributed by atoms with Crippen molar-refractivity contribution in [3.8, 4) is 17.6 Å². The predicted molar refractivity (Wildman–Crippen MR) is 236 cm³/mol. The molecule has 14 nitrogen and oxygen atoms in total. The maximum Gasteiger partial charge on any atom is 0.523 e. The number of carbonyl (C=O) groups excluding carboxylic acids is 1. The zero-order valence-corrected chi connectivity index (χ0v) is 37.6. The van der Waals surface area contributed by atoms with Gasteiger partial charge in [0, 0.05) is 23.8 Å². The van der Waals surface area contributed by atoms with Crippen LogP contribution in [0.5, 0.6) is 11.5 Å². The van der Waals surface area contributed by atoms with Gasteiger partial charge in [0.15, 0.2) is 6.23 Å². The van der Waals surface area contributed by atoms with Crippen molar-refractivity contribution in [1.82, 2.24) is 14.2 Å². The molecule has 0 bridgehead atoms. The maximum absolute atomic E-state index is 14.7. The van der Waals surface area contributed by atoms with Gasteiger partial charge in [0.05, 0.1) is 39.9 Å². The summed E-state index contributed by atoms with van der Waals surface area (Å²) in [7, 11) is 0.870. The van der Waals surface area contributed by atoms with E-state index in [1.807, 2.05) is 93.0 Å². The number of rotatable bonds is 20. The summed E-state index contributed by atoms with van der Waals surface area (Å²) in [6, 6.07) is 34.6. The van der Waals surface area contributed by atoms with Gasteiger partial charge in [-0.1, -0.05) is 72.8 Å². The van der Waals surface area contributed by atoms with Gasteiger partial charge in [0.25, 0.3) is 14.4 Å². The topological polar surface area (TPSA) is 156 Å². The fraction of sp³-hybridized carbons (Fsp3) is 0.362. The number of ether oxygens (including phenoxy) is 5. The molecule has 5 aromatic rings. The van der Waals surface area contributed by atoms with E-state index in [0.29, 0.717) is 33.8 Å². The Hall–Kier alpha value is -5.70. The summed E-state index contributed by atoms with van der Waals surface area (Å²) < 4.78 is 89.2. The van der Waals surface area contributed by atoms with E-state index in [4.69, 9.17) is 32.7 Å². The Labute approximate surface area is 376 Å². The van der Waals surface area contributed by atoms with E-state index in [9.17, 15) is 28.0 Å². The van der Waals surface area contributed by atoms with E-state index in [0.717, 1.165) is 10.8 Å². The first-order valence-electron chi connectivity index (χ1n) is 20.8. The predicted octanol–water partition coefficient (Wildman–Crippen LogP) is 8.99. The summed E-state index contributed by atoms with van der Waals surface area (Å²) in [6.45, 7) is 6.99. The fourth-order valence-corrected chi connectivity index (χ4v) is 9.38. The third-order valence-electron chi connectivity index (χ3n) is 10.4. The van der Waals surface area contributed by atoms with E-state index in [2.05, 4.69) is 10.3 Å². The second-order valence-electron chi connectivity index (χ2n) is 15.3. The van der Waals surface area contributed by atoms with Gasteiger partial charge in [0.1, 0.15) is 41.2 Å². The number of aromatic nitrogens is 2. The molecular formula is C47H51F3N5O9P. The lowest BCUT2D eigenvalue weighted by Gasteiger charge is -2.39. The molecule has 1 aliphatic heterocycles. The van der Waals surface area contributed by atoms with Crippen LogP contribution >= 0.6 is 8.53 Å². The Balaban J connectivity index is 1.49. The molecule has 0 aliphatic carbocycles. The molecule has 5 atom stereocenters. The molecule has 1 aliphatic rings. The Morgan fingerprint density at radius 2 is 1.40 bits per heavy atom. The number of halogens is 3. The number of nitrogens with zero attached hydrogens (tertiary/aromatic N) is 4. The van der Waals surface area contributed by atoms with Crippen LogP contribution in [0.3, 0.4) is 0 Å². The number of carbonyl (C=O) groups is 1. The third kappa shape index (κ3) is 11.8. The van der Waals surface area contributed by atoms with Gasteiger partial charge in [-0.05, 0) is 86.8 Å². The van der Waals surface area contributed by atoms with Crippen LogP contribution in [-0.2, 0) is 28.9 Å². The van der Waals surface area contributed by atoms with E-state index in [1.54, 1.807) is 68.8 Å². The van der Waals surface area contributed by atoms with Crippen LogP contribution in [0.25, 0.3) is 0 Å². The highest BCUT2D eigenvalue weighted by molar-refractivity contribution is 7.44. The minimum absolute atomic E-state index is 0.0252. The molecular weight excluding hydrogens is 867 g/mol. The maximum atomic E-state index is 14.7. The number of hydrogen-bond donors (Lipinski definition) is 1. The van der Waals surface area contributed by atoms with Crippen molar-refractivity contribution in [3.05, 3.63) is 154 Å². The SMILES string of the molecule is COc1ccc(C(OC[C@H]2O[C@@H](n3ccc(NC(=O)c4ccccc4)nc3=O)[C@H](OC(F)(F)F)[C@@H]2OP(OCCC#N)N(C(C)C)C(C)C)(c2ccccc2)c2ccc(OC)cc2)cc1. The Bertz CT molecular complexity index is 2350. The van der Waals surface area contributed by atoms with Crippen LogP contribution < -0.4 is 20.5 Å². The first-order valence-corrected chi connectivity index (χ1v) is 21.9. The lowest BCUT2D eigenvalue weighted by molar-refractivity contribution is -0.355. The molecule has 4 aromatic carbocycles. The summed E-state index contributed by atoms with van der Waals surface area (Å²) >= 11 is 0. The number of amides is 1. The van der Waals surface area contributed by atoms with Crippen molar-refractivity contribution in [1.29, 1.82) is 5.26 Å². The van der Waals surface area contributed by atoms with Crippen LogP contribution in [0.4, 0.5) is 19.0 Å². The number of nitriles is 1. The van der Waals surface area contributed by atoms with Crippen molar-refractivity contribution in [3.63, 3.8) is 0 Å². The zero-order chi connectivity index (χ0) is 46.7. The first-order chi connectivity index (χ1) is 31.2. The Morgan fingerprint density at radius 3 is 1.91 bits per heavy atom. The summed E-state index contributed by atoms with van der Waals surface area (Å²) in [6.07, 6.45) is -11.0. The normalized spacial score (nSPS) is 18.1. The average Bonchev–Trinajstić information content (AvgIpc) is 3.61. The highest BCUT2D eigenvalue weighted by Crippen LogP contribution is 2.52. The average molecular weight is 918 g/mol. The zero-order valence-electron chi connectivity index (χ0n) is 36.7. The summed E-state index contributed by atoms with van der Waals surface area (Å²) in [5.41, 5.74) is -0.283. The molecule has 1 unspecified atom stereocenters. The van der Waals surface area contributed by atoms with Crippen molar-refractivity contribution in [2.24, 2.45) is 0 Å². The van der Waals surface area contributed by atoms with Gasteiger partial charge in [-0.2, -0.15) is 10.2 Å². The van der Waals surface area contributed by atoms with Crippen molar-refractivity contribution in [2.45, 2.75) is 82.7 Å². The molecule has 18 heteroatoms. The number of methoxy groups -OCH3 is 2. The van der Waals surface area contributed by atoms with Crippen LogP contribution in [0.2, 0.25) is 0 Å². The van der Waals surface area contributed by atoms with Gasteiger partial charge in [-0.25, -0.2) is 9.46 Å². The number of alkyl halides is 3. The minimum Gasteiger partial charge on any atom is -0.497 e. The quantitative estimate of drug-likeness (QED) is 0.0450. The lowest BCUT2D eigenvalue weighted by atomic mass is 9.80. The summed E-state index contributed by atoms with van der Waals surface area (Å²) in [4.78, 5) is 30.8. The standard InChI is InChI=1S/C47H51F3N5O9P/c1-31(2)55(32(3)4)65(61-29-13-27-51)64-41-39(62-44(42(41)63-47(48,49)50)54-28-26-40(53-45(54)57)52-43(56)33-14-9-7-10-15-33)30-60-46(34-16-11-8-12-17-34,35-18-22-37(58-5)23-19-35)36-20-24-38(59-6)25-21-36/h7-12,14-26,28,31-32,39,41-42,44H,13,29-30H2,1-6H3,(H,52,53,56,57)/t39-,41-,42-,44-,65?/m1/s1. The van der Waals surface area contributed by atoms with Gasteiger partial charge in [-0.15, -0.1) is 13.2 Å². The lowest BCUT2D eigenvalue weighted by Crippen LogP contribution is -2.45. The molecule has 6 rings (SSSR count). The minimum atomic E-state index is -5.26. The first kappa shape index (κ1) is 48.7. The number of nitrogens with one attached hydrogen (secondary N) is 1. The largest absolute Gasteiger partial charge is 0.523 e.